The van der Waals surface area contributed by atoms with Gasteiger partial charge in [-0.05, 0) is 64.2 Å². The summed E-state index contributed by atoms with van der Waals surface area (Å²) in [5.41, 5.74) is 1.37. The Balaban J connectivity index is 0.00000512. The molecular formula is C23H39IN4O4. The zero-order valence-electron chi connectivity index (χ0n) is 19.7. The monoisotopic (exact) mass is 562 g/mol. The van der Waals surface area contributed by atoms with Crippen molar-refractivity contribution >= 4 is 41.7 Å². The van der Waals surface area contributed by atoms with Crippen LogP contribution in [-0.2, 0) is 20.6 Å². The van der Waals surface area contributed by atoms with Gasteiger partial charge in [0.15, 0.2) is 5.96 Å². The maximum absolute atomic E-state index is 11.8. The Hall–Kier alpha value is -1.59. The summed E-state index contributed by atoms with van der Waals surface area (Å²) in [6, 6.07) is 7.75. The smallest absolute Gasteiger partial charge is 0.412 e. The predicted molar refractivity (Wildman–Crippen MR) is 139 cm³/mol. The summed E-state index contributed by atoms with van der Waals surface area (Å²) in [6.07, 6.45) is 3.85. The topological polar surface area (TPSA) is 93.2 Å². The number of amides is 1. The number of nitrogens with one attached hydrogen (secondary N) is 3. The first-order valence-corrected chi connectivity index (χ1v) is 11.1. The first-order chi connectivity index (χ1) is 14.9. The van der Waals surface area contributed by atoms with E-state index in [1.54, 1.807) is 7.05 Å². The van der Waals surface area contributed by atoms with Crippen molar-refractivity contribution in [2.24, 2.45) is 4.99 Å². The van der Waals surface area contributed by atoms with Crippen LogP contribution in [0.5, 0.6) is 0 Å². The molecule has 0 radical (unpaired) electrons. The van der Waals surface area contributed by atoms with E-state index in [2.05, 4.69) is 20.9 Å². The van der Waals surface area contributed by atoms with Gasteiger partial charge >= 0.3 is 6.09 Å². The van der Waals surface area contributed by atoms with Gasteiger partial charge in [0.1, 0.15) is 5.60 Å². The van der Waals surface area contributed by atoms with Gasteiger partial charge in [-0.3, -0.25) is 10.3 Å². The van der Waals surface area contributed by atoms with Crippen molar-refractivity contribution in [1.82, 2.24) is 10.6 Å². The number of halogens is 1. The molecule has 0 aromatic heterocycles. The average Bonchev–Trinajstić information content (AvgIpc) is 3.22. The van der Waals surface area contributed by atoms with Crippen molar-refractivity contribution in [3.05, 3.63) is 29.8 Å². The summed E-state index contributed by atoms with van der Waals surface area (Å²) in [7, 11) is 1.76. The molecule has 0 aliphatic carbocycles. The molecule has 1 unspecified atom stereocenters. The highest BCUT2D eigenvalue weighted by Crippen LogP contribution is 2.13. The van der Waals surface area contributed by atoms with Crippen LogP contribution in [0.2, 0.25) is 0 Å². The van der Waals surface area contributed by atoms with Crippen molar-refractivity contribution in [3.8, 4) is 0 Å². The molecule has 1 aliphatic rings. The van der Waals surface area contributed by atoms with Crippen LogP contribution < -0.4 is 16.0 Å². The summed E-state index contributed by atoms with van der Waals surface area (Å²) >= 11 is 0. The maximum Gasteiger partial charge on any atom is 0.412 e. The number of anilines is 1. The minimum Gasteiger partial charge on any atom is -0.444 e. The van der Waals surface area contributed by atoms with Gasteiger partial charge in [-0.25, -0.2) is 4.79 Å². The molecule has 8 nitrogen and oxygen atoms in total. The normalized spacial score (nSPS) is 16.2. The Morgan fingerprint density at radius 2 is 1.91 bits per heavy atom. The fraction of sp³-hybridized carbons (Fsp3) is 0.652. The van der Waals surface area contributed by atoms with Gasteiger partial charge in [0.2, 0.25) is 0 Å². The van der Waals surface area contributed by atoms with Crippen LogP contribution in [0.25, 0.3) is 0 Å². The molecule has 1 aromatic carbocycles. The molecule has 0 spiro atoms. The van der Waals surface area contributed by atoms with E-state index in [9.17, 15) is 4.79 Å². The lowest BCUT2D eigenvalue weighted by atomic mass is 10.1. The highest BCUT2D eigenvalue weighted by Gasteiger charge is 2.16. The number of guanidine groups is 1. The minimum atomic E-state index is -0.514. The van der Waals surface area contributed by atoms with Crippen molar-refractivity contribution < 1.29 is 19.0 Å². The molecule has 1 fully saturated rings. The third-order valence-electron chi connectivity index (χ3n) is 4.61. The van der Waals surface area contributed by atoms with Gasteiger partial charge < -0.3 is 24.8 Å². The van der Waals surface area contributed by atoms with Gasteiger partial charge in [-0.15, -0.1) is 24.0 Å². The number of benzene rings is 1. The fourth-order valence-electron chi connectivity index (χ4n) is 3.09. The molecule has 1 aliphatic heterocycles. The zero-order valence-corrected chi connectivity index (χ0v) is 22.1. The second kappa shape index (κ2) is 15.3. The zero-order chi connectivity index (χ0) is 22.5. The lowest BCUT2D eigenvalue weighted by Gasteiger charge is -2.19. The van der Waals surface area contributed by atoms with Gasteiger partial charge in [-0.1, -0.05) is 12.1 Å². The second-order valence-electron chi connectivity index (χ2n) is 8.56. The largest absolute Gasteiger partial charge is 0.444 e. The Morgan fingerprint density at radius 1 is 1.19 bits per heavy atom. The van der Waals surface area contributed by atoms with Crippen LogP contribution in [0.15, 0.2) is 29.3 Å². The summed E-state index contributed by atoms with van der Waals surface area (Å²) in [6.45, 7) is 9.35. The number of ether oxygens (including phenoxy) is 3. The standard InChI is InChI=1S/C23H38N4O4.HI/c1-23(2,3)31-22(28)27-19-10-8-18(9-11-19)12-14-26-21(24-4)25-13-6-15-29-17-20-7-5-16-30-20;/h8-11,20H,5-7,12-17H2,1-4H3,(H,27,28)(H2,24,25,26);1H. The summed E-state index contributed by atoms with van der Waals surface area (Å²) in [5, 5.41) is 9.35. The van der Waals surface area contributed by atoms with Crippen LogP contribution in [0.1, 0.15) is 45.6 Å². The minimum absolute atomic E-state index is 0. The Labute approximate surface area is 209 Å². The van der Waals surface area contributed by atoms with E-state index in [0.717, 1.165) is 51.3 Å². The van der Waals surface area contributed by atoms with E-state index >= 15 is 0 Å². The molecule has 0 bridgehead atoms. The molecule has 1 amide bonds. The molecule has 182 valence electrons. The molecule has 32 heavy (non-hydrogen) atoms. The average molecular weight is 562 g/mol. The van der Waals surface area contributed by atoms with Crippen molar-refractivity contribution in [1.29, 1.82) is 0 Å². The molecule has 1 aromatic rings. The second-order valence-corrected chi connectivity index (χ2v) is 8.56. The van der Waals surface area contributed by atoms with Gasteiger partial charge in [0.05, 0.1) is 12.7 Å². The predicted octanol–water partition coefficient (Wildman–Crippen LogP) is 3.94. The molecule has 1 heterocycles. The van der Waals surface area contributed by atoms with E-state index in [0.29, 0.717) is 18.9 Å². The molecule has 9 heteroatoms. The lowest BCUT2D eigenvalue weighted by Crippen LogP contribution is -2.39. The highest BCUT2D eigenvalue weighted by molar-refractivity contribution is 14.0. The third kappa shape index (κ3) is 12.4. The first kappa shape index (κ1) is 28.4. The van der Waals surface area contributed by atoms with E-state index in [-0.39, 0.29) is 30.1 Å². The van der Waals surface area contributed by atoms with Gasteiger partial charge in [0, 0.05) is 39.0 Å². The molecule has 3 N–H and O–H groups in total. The number of nitrogens with zero attached hydrogens (tertiary/aromatic N) is 1. The van der Waals surface area contributed by atoms with Gasteiger partial charge in [-0.2, -0.15) is 0 Å². The number of aliphatic imine (C=N–C) groups is 1. The SMILES string of the molecule is CN=C(NCCCOCC1CCCO1)NCCc1ccc(NC(=O)OC(C)(C)C)cc1.I. The summed E-state index contributed by atoms with van der Waals surface area (Å²) in [5.74, 6) is 0.780. The number of hydrogen-bond donors (Lipinski definition) is 3. The number of rotatable bonds is 10. The van der Waals surface area contributed by atoms with E-state index in [1.807, 2.05) is 45.0 Å². The quantitative estimate of drug-likeness (QED) is 0.173. The Bertz CT molecular complexity index is 686. The molecule has 2 rings (SSSR count). The van der Waals surface area contributed by atoms with Crippen molar-refractivity contribution in [3.63, 3.8) is 0 Å². The Morgan fingerprint density at radius 3 is 2.53 bits per heavy atom. The van der Waals surface area contributed by atoms with Crippen molar-refractivity contribution in [2.45, 2.75) is 58.2 Å². The van der Waals surface area contributed by atoms with Gasteiger partial charge in [0.25, 0.3) is 0 Å². The summed E-state index contributed by atoms with van der Waals surface area (Å²) in [4.78, 5) is 16.1. The lowest BCUT2D eigenvalue weighted by molar-refractivity contribution is 0.0168. The third-order valence-corrected chi connectivity index (χ3v) is 4.61. The van der Waals surface area contributed by atoms with Crippen LogP contribution in [0, 0.1) is 0 Å². The van der Waals surface area contributed by atoms with Crippen LogP contribution >= 0.6 is 24.0 Å². The van der Waals surface area contributed by atoms with E-state index < -0.39 is 11.7 Å². The number of carbonyl (C=O) groups excluding carboxylic acids is 1. The van der Waals surface area contributed by atoms with E-state index in [4.69, 9.17) is 14.2 Å². The Kier molecular flexibility index (Phi) is 13.6. The van der Waals surface area contributed by atoms with Crippen LogP contribution in [-0.4, -0.2) is 63.7 Å². The number of carbonyl (C=O) groups is 1. The molecule has 1 saturated heterocycles. The highest BCUT2D eigenvalue weighted by atomic mass is 127. The van der Waals surface area contributed by atoms with Crippen molar-refractivity contribution in [2.75, 3.05) is 45.3 Å². The first-order valence-electron chi connectivity index (χ1n) is 11.1. The fourth-order valence-corrected chi connectivity index (χ4v) is 3.09. The van der Waals surface area contributed by atoms with Crippen LogP contribution in [0.4, 0.5) is 10.5 Å². The molecule has 1 atom stereocenters. The molecule has 0 saturated carbocycles. The maximum atomic E-state index is 11.8. The van der Waals surface area contributed by atoms with Crippen LogP contribution in [0.3, 0.4) is 0 Å². The molecular weight excluding hydrogens is 523 g/mol. The number of hydrogen-bond acceptors (Lipinski definition) is 5. The van der Waals surface area contributed by atoms with E-state index in [1.165, 1.54) is 5.56 Å². The summed E-state index contributed by atoms with van der Waals surface area (Å²) < 4.78 is 16.5.